The molecule has 0 unspecified atom stereocenters. The van der Waals surface area contributed by atoms with E-state index < -0.39 is 0 Å². The van der Waals surface area contributed by atoms with Crippen molar-refractivity contribution in [2.75, 3.05) is 13.7 Å². The van der Waals surface area contributed by atoms with Gasteiger partial charge in [0.05, 0.1) is 19.8 Å². The van der Waals surface area contributed by atoms with E-state index in [2.05, 4.69) is 19.2 Å². The Hall–Kier alpha value is -1.26. The van der Waals surface area contributed by atoms with Crippen LogP contribution in [-0.4, -0.2) is 30.5 Å². The largest absolute Gasteiger partial charge is 0.493 e. The van der Waals surface area contributed by atoms with Crippen LogP contribution < -0.4 is 14.8 Å². The number of hydrogen-bond acceptors (Lipinski definition) is 4. The van der Waals surface area contributed by atoms with Gasteiger partial charge in [0.2, 0.25) is 0 Å². The van der Waals surface area contributed by atoms with Gasteiger partial charge in [0.1, 0.15) is 0 Å². The van der Waals surface area contributed by atoms with Crippen molar-refractivity contribution >= 4 is 0 Å². The van der Waals surface area contributed by atoms with Gasteiger partial charge in [0.15, 0.2) is 11.5 Å². The normalized spacial score (nSPS) is 11.8. The Bertz CT molecular complexity index is 420. The molecule has 0 atom stereocenters. The zero-order valence-corrected chi connectivity index (χ0v) is 13.9. The molecular formula is C17H29NO3. The first-order valence-electron chi connectivity index (χ1n) is 7.69. The fourth-order valence-corrected chi connectivity index (χ4v) is 2.24. The zero-order chi connectivity index (χ0) is 15.9. The molecule has 120 valence electrons. The lowest BCUT2D eigenvalue weighted by atomic mass is 9.93. The Balaban J connectivity index is 2.81. The smallest absolute Gasteiger partial charge is 0.161 e. The number of ether oxygens (including phenoxy) is 2. The summed E-state index contributed by atoms with van der Waals surface area (Å²) in [6.45, 7) is 9.01. The highest BCUT2D eigenvalue weighted by Crippen LogP contribution is 2.29. The van der Waals surface area contributed by atoms with Crippen LogP contribution in [-0.2, 0) is 6.54 Å². The van der Waals surface area contributed by atoms with Gasteiger partial charge in [0, 0.05) is 12.1 Å². The van der Waals surface area contributed by atoms with Crippen LogP contribution in [0.25, 0.3) is 0 Å². The third-order valence-corrected chi connectivity index (χ3v) is 3.91. The minimum atomic E-state index is -0.208. The first kappa shape index (κ1) is 17.8. The summed E-state index contributed by atoms with van der Waals surface area (Å²) in [5.74, 6) is 1.50. The maximum Gasteiger partial charge on any atom is 0.161 e. The van der Waals surface area contributed by atoms with Crippen molar-refractivity contribution in [3.63, 3.8) is 0 Å². The molecule has 1 aromatic rings. The van der Waals surface area contributed by atoms with Gasteiger partial charge < -0.3 is 19.9 Å². The molecule has 1 aromatic carbocycles. The van der Waals surface area contributed by atoms with Crippen molar-refractivity contribution in [3.8, 4) is 11.5 Å². The third-order valence-electron chi connectivity index (χ3n) is 3.91. The molecule has 1 rings (SSSR count). The molecule has 0 heterocycles. The van der Waals surface area contributed by atoms with E-state index in [1.54, 1.807) is 7.11 Å². The molecule has 0 radical (unpaired) electrons. The van der Waals surface area contributed by atoms with Crippen LogP contribution >= 0.6 is 0 Å². The Labute approximate surface area is 128 Å². The van der Waals surface area contributed by atoms with Gasteiger partial charge in [0.25, 0.3) is 0 Å². The number of hydrogen-bond donors (Lipinski definition) is 2. The van der Waals surface area contributed by atoms with Gasteiger partial charge in [-0.3, -0.25) is 0 Å². The standard InChI is InChI=1S/C17H29NO3/c1-6-17(7-2,12-19)18-11-14-8-9-15(21-13(3)4)16(10-14)20-5/h8-10,13,18-19H,6-7,11-12H2,1-5H3. The average molecular weight is 295 g/mol. The van der Waals surface area contributed by atoms with Crippen LogP contribution in [0.3, 0.4) is 0 Å². The molecule has 0 spiro atoms. The Kier molecular flexibility index (Phi) is 6.99. The van der Waals surface area contributed by atoms with Gasteiger partial charge in [-0.05, 0) is 44.4 Å². The van der Waals surface area contributed by atoms with Crippen LogP contribution in [0.2, 0.25) is 0 Å². The van der Waals surface area contributed by atoms with Crippen molar-refractivity contribution in [1.29, 1.82) is 0 Å². The average Bonchev–Trinajstić information content (AvgIpc) is 2.50. The summed E-state index contributed by atoms with van der Waals surface area (Å²) in [5.41, 5.74) is 0.906. The second-order valence-electron chi connectivity index (χ2n) is 5.65. The lowest BCUT2D eigenvalue weighted by Gasteiger charge is -2.31. The fraction of sp³-hybridized carbons (Fsp3) is 0.647. The number of aliphatic hydroxyl groups excluding tert-OH is 1. The lowest BCUT2D eigenvalue weighted by molar-refractivity contribution is 0.149. The molecule has 0 saturated heterocycles. The molecule has 0 aliphatic heterocycles. The summed E-state index contributed by atoms with van der Waals surface area (Å²) in [6, 6.07) is 5.95. The Morgan fingerprint density at radius 3 is 2.33 bits per heavy atom. The van der Waals surface area contributed by atoms with E-state index in [9.17, 15) is 5.11 Å². The molecule has 0 aromatic heterocycles. The topological polar surface area (TPSA) is 50.7 Å². The molecule has 0 saturated carbocycles. The highest BCUT2D eigenvalue weighted by Gasteiger charge is 2.24. The number of methoxy groups -OCH3 is 1. The summed E-state index contributed by atoms with van der Waals surface area (Å²) in [7, 11) is 1.65. The highest BCUT2D eigenvalue weighted by molar-refractivity contribution is 5.43. The van der Waals surface area contributed by atoms with E-state index >= 15 is 0 Å². The Morgan fingerprint density at radius 2 is 1.86 bits per heavy atom. The van der Waals surface area contributed by atoms with E-state index in [-0.39, 0.29) is 18.2 Å². The van der Waals surface area contributed by atoms with Gasteiger partial charge in [-0.1, -0.05) is 19.9 Å². The van der Waals surface area contributed by atoms with Crippen LogP contribution in [0.15, 0.2) is 18.2 Å². The van der Waals surface area contributed by atoms with E-state index in [0.29, 0.717) is 6.54 Å². The molecule has 0 aliphatic rings. The van der Waals surface area contributed by atoms with E-state index in [4.69, 9.17) is 9.47 Å². The molecule has 4 nitrogen and oxygen atoms in total. The molecule has 4 heteroatoms. The lowest BCUT2D eigenvalue weighted by Crippen LogP contribution is -2.47. The SMILES string of the molecule is CCC(CC)(CO)NCc1ccc(OC(C)C)c(OC)c1. The zero-order valence-electron chi connectivity index (χ0n) is 13.9. The van der Waals surface area contributed by atoms with E-state index in [1.165, 1.54) is 0 Å². The summed E-state index contributed by atoms with van der Waals surface area (Å²) in [4.78, 5) is 0. The molecule has 0 aliphatic carbocycles. The van der Waals surface area contributed by atoms with Gasteiger partial charge in [-0.2, -0.15) is 0 Å². The molecule has 0 bridgehead atoms. The second-order valence-corrected chi connectivity index (χ2v) is 5.65. The highest BCUT2D eigenvalue weighted by atomic mass is 16.5. The van der Waals surface area contributed by atoms with E-state index in [0.717, 1.165) is 29.9 Å². The van der Waals surface area contributed by atoms with Crippen LogP contribution in [0.1, 0.15) is 46.1 Å². The third kappa shape index (κ3) is 4.90. The summed E-state index contributed by atoms with van der Waals surface area (Å²) in [6.07, 6.45) is 1.90. The number of rotatable bonds is 9. The summed E-state index contributed by atoms with van der Waals surface area (Å²) >= 11 is 0. The number of nitrogens with one attached hydrogen (secondary N) is 1. The van der Waals surface area contributed by atoms with E-state index in [1.807, 2.05) is 32.0 Å². The molecule has 0 fully saturated rings. The van der Waals surface area contributed by atoms with Gasteiger partial charge in [-0.25, -0.2) is 0 Å². The predicted molar refractivity (Wildman–Crippen MR) is 86.0 cm³/mol. The van der Waals surface area contributed by atoms with Crippen LogP contribution in [0, 0.1) is 0 Å². The van der Waals surface area contributed by atoms with Crippen molar-refractivity contribution in [2.45, 2.75) is 58.7 Å². The first-order valence-corrected chi connectivity index (χ1v) is 7.69. The number of benzene rings is 1. The number of aliphatic hydroxyl groups is 1. The quantitative estimate of drug-likeness (QED) is 0.735. The maximum absolute atomic E-state index is 9.59. The summed E-state index contributed by atoms with van der Waals surface area (Å²) in [5, 5.41) is 13.1. The second kappa shape index (κ2) is 8.25. The van der Waals surface area contributed by atoms with Gasteiger partial charge in [-0.15, -0.1) is 0 Å². The fourth-order valence-electron chi connectivity index (χ4n) is 2.24. The predicted octanol–water partition coefficient (Wildman–Crippen LogP) is 3.12. The minimum absolute atomic E-state index is 0.116. The minimum Gasteiger partial charge on any atom is -0.493 e. The van der Waals surface area contributed by atoms with Crippen LogP contribution in [0.5, 0.6) is 11.5 Å². The van der Waals surface area contributed by atoms with Crippen molar-refractivity contribution < 1.29 is 14.6 Å². The van der Waals surface area contributed by atoms with Crippen molar-refractivity contribution in [1.82, 2.24) is 5.32 Å². The molecule has 21 heavy (non-hydrogen) atoms. The molecule has 2 N–H and O–H groups in total. The van der Waals surface area contributed by atoms with Crippen LogP contribution in [0.4, 0.5) is 0 Å². The molecule has 0 amide bonds. The Morgan fingerprint density at radius 1 is 1.19 bits per heavy atom. The summed E-state index contributed by atoms with van der Waals surface area (Å²) < 4.78 is 11.1. The van der Waals surface area contributed by atoms with Crippen molar-refractivity contribution in [3.05, 3.63) is 23.8 Å². The monoisotopic (exact) mass is 295 g/mol. The molecular weight excluding hydrogens is 266 g/mol. The van der Waals surface area contributed by atoms with Gasteiger partial charge >= 0.3 is 0 Å². The first-order chi connectivity index (χ1) is 10.00. The van der Waals surface area contributed by atoms with Crippen molar-refractivity contribution in [2.24, 2.45) is 0 Å². The maximum atomic E-state index is 9.59.